The molecule has 28 heavy (non-hydrogen) atoms. The van der Waals surface area contributed by atoms with Crippen molar-refractivity contribution in [3.63, 3.8) is 0 Å². The van der Waals surface area contributed by atoms with Gasteiger partial charge in [0.1, 0.15) is 11.4 Å². The Morgan fingerprint density at radius 1 is 1.14 bits per heavy atom. The van der Waals surface area contributed by atoms with E-state index in [0.29, 0.717) is 18.5 Å². The summed E-state index contributed by atoms with van der Waals surface area (Å²) in [7, 11) is 0. The number of hydrogen-bond donors (Lipinski definition) is 2. The number of hydrogen-bond acceptors (Lipinski definition) is 4. The minimum absolute atomic E-state index is 0.187. The van der Waals surface area contributed by atoms with Crippen molar-refractivity contribution in [2.45, 2.75) is 6.54 Å². The summed E-state index contributed by atoms with van der Waals surface area (Å²) in [6, 6.07) is 12.3. The first-order chi connectivity index (χ1) is 13.3. The van der Waals surface area contributed by atoms with Crippen LogP contribution in [-0.2, 0) is 16.1 Å². The van der Waals surface area contributed by atoms with E-state index in [2.05, 4.69) is 5.32 Å². The number of aliphatic carboxylic acids is 1. The lowest BCUT2D eigenvalue weighted by Crippen LogP contribution is -2.30. The SMILES string of the molecule is O=C(O)COc1c(I)cc(/C=C2/NC(=O)N(Cc3ccccc3)C2=O)cc1I. The van der Waals surface area contributed by atoms with Gasteiger partial charge in [0.05, 0.1) is 13.7 Å². The topological polar surface area (TPSA) is 95.9 Å². The second-order valence-corrected chi connectivity index (χ2v) is 8.19. The normalized spacial score (nSPS) is 15.1. The third-order valence-corrected chi connectivity index (χ3v) is 5.42. The number of amides is 3. The molecule has 1 aliphatic rings. The van der Waals surface area contributed by atoms with Crippen LogP contribution in [0.15, 0.2) is 48.2 Å². The third kappa shape index (κ3) is 4.82. The number of carboxylic acids is 1. The lowest BCUT2D eigenvalue weighted by atomic mass is 10.1. The van der Waals surface area contributed by atoms with Crippen molar-refractivity contribution in [3.8, 4) is 5.75 Å². The van der Waals surface area contributed by atoms with Gasteiger partial charge in [-0.15, -0.1) is 0 Å². The van der Waals surface area contributed by atoms with E-state index in [-0.39, 0.29) is 12.2 Å². The molecule has 1 heterocycles. The molecule has 0 unspecified atom stereocenters. The molecule has 0 atom stereocenters. The van der Waals surface area contributed by atoms with E-state index >= 15 is 0 Å². The third-order valence-electron chi connectivity index (χ3n) is 3.82. The van der Waals surface area contributed by atoms with Gasteiger partial charge in [-0.25, -0.2) is 9.59 Å². The van der Waals surface area contributed by atoms with Crippen LogP contribution < -0.4 is 10.1 Å². The van der Waals surface area contributed by atoms with Crippen LogP contribution >= 0.6 is 45.2 Å². The van der Waals surface area contributed by atoms with E-state index in [0.717, 1.165) is 10.5 Å². The summed E-state index contributed by atoms with van der Waals surface area (Å²) >= 11 is 4.08. The van der Waals surface area contributed by atoms with E-state index in [9.17, 15) is 14.4 Å². The number of nitrogens with one attached hydrogen (secondary N) is 1. The first kappa shape index (κ1) is 20.6. The molecule has 9 heteroatoms. The molecule has 0 spiro atoms. The van der Waals surface area contributed by atoms with Crippen molar-refractivity contribution >= 4 is 69.2 Å². The number of carboxylic acid groups (broad SMARTS) is 1. The summed E-state index contributed by atoms with van der Waals surface area (Å²) in [6.45, 7) is -0.241. The number of ether oxygens (including phenoxy) is 1. The average Bonchev–Trinajstić information content (AvgIpc) is 2.89. The van der Waals surface area contributed by atoms with Crippen LogP contribution in [0.4, 0.5) is 4.79 Å². The maximum Gasteiger partial charge on any atom is 0.341 e. The highest BCUT2D eigenvalue weighted by Crippen LogP contribution is 2.30. The van der Waals surface area contributed by atoms with Crippen molar-refractivity contribution in [1.29, 1.82) is 0 Å². The van der Waals surface area contributed by atoms with Crippen molar-refractivity contribution in [3.05, 3.63) is 66.4 Å². The molecular weight excluding hydrogens is 590 g/mol. The minimum Gasteiger partial charge on any atom is -0.480 e. The Morgan fingerprint density at radius 3 is 2.39 bits per heavy atom. The molecule has 1 fully saturated rings. The van der Waals surface area contributed by atoms with Crippen LogP contribution in [0.3, 0.4) is 0 Å². The van der Waals surface area contributed by atoms with Gasteiger partial charge < -0.3 is 15.2 Å². The summed E-state index contributed by atoms with van der Waals surface area (Å²) in [5.74, 6) is -0.987. The summed E-state index contributed by atoms with van der Waals surface area (Å²) < 4.78 is 6.70. The average molecular weight is 604 g/mol. The molecule has 0 aromatic heterocycles. The molecule has 0 saturated carbocycles. The van der Waals surface area contributed by atoms with Crippen LogP contribution in [0.1, 0.15) is 11.1 Å². The van der Waals surface area contributed by atoms with Crippen molar-refractivity contribution in [2.24, 2.45) is 0 Å². The van der Waals surface area contributed by atoms with Crippen LogP contribution in [0.5, 0.6) is 5.75 Å². The maximum absolute atomic E-state index is 12.6. The molecule has 2 N–H and O–H groups in total. The number of benzene rings is 2. The minimum atomic E-state index is -1.06. The number of imide groups is 1. The molecule has 0 bridgehead atoms. The Kier molecular flexibility index (Phi) is 6.54. The highest BCUT2D eigenvalue weighted by Gasteiger charge is 2.33. The van der Waals surface area contributed by atoms with E-state index in [1.54, 1.807) is 18.2 Å². The summed E-state index contributed by atoms with van der Waals surface area (Å²) in [6.07, 6.45) is 1.59. The number of carbonyl (C=O) groups excluding carboxylic acids is 2. The van der Waals surface area contributed by atoms with Crippen LogP contribution in [0.2, 0.25) is 0 Å². The number of rotatable bonds is 6. The lowest BCUT2D eigenvalue weighted by molar-refractivity contribution is -0.139. The fourth-order valence-electron chi connectivity index (χ4n) is 2.58. The monoisotopic (exact) mass is 604 g/mol. The van der Waals surface area contributed by atoms with E-state index in [4.69, 9.17) is 9.84 Å². The zero-order valence-electron chi connectivity index (χ0n) is 14.3. The second-order valence-electron chi connectivity index (χ2n) is 5.86. The van der Waals surface area contributed by atoms with Crippen molar-refractivity contribution in [1.82, 2.24) is 10.2 Å². The largest absolute Gasteiger partial charge is 0.480 e. The lowest BCUT2D eigenvalue weighted by Gasteiger charge is -2.11. The molecule has 7 nitrogen and oxygen atoms in total. The number of carbonyl (C=O) groups is 3. The van der Waals surface area contributed by atoms with Crippen LogP contribution in [-0.4, -0.2) is 34.5 Å². The van der Waals surface area contributed by atoms with Gasteiger partial charge in [-0.2, -0.15) is 0 Å². The zero-order valence-corrected chi connectivity index (χ0v) is 18.6. The first-order valence-corrected chi connectivity index (χ1v) is 10.2. The van der Waals surface area contributed by atoms with Crippen LogP contribution in [0, 0.1) is 7.14 Å². The fraction of sp³-hybridized carbons (Fsp3) is 0.105. The number of nitrogens with zero attached hydrogens (tertiary/aromatic N) is 1. The van der Waals surface area contributed by atoms with E-state index < -0.39 is 24.5 Å². The number of urea groups is 1. The molecule has 0 radical (unpaired) electrons. The van der Waals surface area contributed by atoms with Crippen molar-refractivity contribution < 1.29 is 24.2 Å². The van der Waals surface area contributed by atoms with Gasteiger partial charge in [-0.1, -0.05) is 30.3 Å². The van der Waals surface area contributed by atoms with Gasteiger partial charge in [0.2, 0.25) is 0 Å². The predicted molar refractivity (Wildman–Crippen MR) is 119 cm³/mol. The van der Waals surface area contributed by atoms with Gasteiger partial charge >= 0.3 is 12.0 Å². The predicted octanol–water partition coefficient (Wildman–Crippen LogP) is 3.45. The quantitative estimate of drug-likeness (QED) is 0.300. The Bertz CT molecular complexity index is 953. The standard InChI is InChI=1S/C19H14I2N2O5/c20-13-6-12(7-14(21)17(13)28-10-16(24)25)8-15-18(26)23(19(27)22-15)9-11-4-2-1-3-5-11/h1-8H,9-10H2,(H,22,27)(H,24,25)/b15-8+. The summed E-state index contributed by atoms with van der Waals surface area (Å²) in [4.78, 5) is 36.7. The van der Waals surface area contributed by atoms with Crippen molar-refractivity contribution in [2.75, 3.05) is 6.61 Å². The Labute approximate surface area is 188 Å². The van der Waals surface area contributed by atoms with Gasteiger partial charge in [-0.05, 0) is 74.5 Å². The Hall–Kier alpha value is -2.15. The second kappa shape index (κ2) is 8.90. The molecule has 2 aromatic rings. The van der Waals surface area contributed by atoms with E-state index in [1.165, 1.54) is 0 Å². The maximum atomic E-state index is 12.6. The molecule has 1 aliphatic heterocycles. The Morgan fingerprint density at radius 2 is 1.79 bits per heavy atom. The molecule has 2 aromatic carbocycles. The smallest absolute Gasteiger partial charge is 0.341 e. The van der Waals surface area contributed by atoms with Gasteiger partial charge in [-0.3, -0.25) is 9.69 Å². The molecule has 1 saturated heterocycles. The summed E-state index contributed by atoms with van der Waals surface area (Å²) in [5.41, 5.74) is 1.74. The first-order valence-electron chi connectivity index (χ1n) is 8.07. The van der Waals surface area contributed by atoms with Gasteiger partial charge in [0.25, 0.3) is 5.91 Å². The fourth-order valence-corrected chi connectivity index (χ4v) is 4.71. The van der Waals surface area contributed by atoms with Gasteiger partial charge in [0, 0.05) is 0 Å². The molecule has 144 valence electrons. The summed E-state index contributed by atoms with van der Waals surface area (Å²) in [5, 5.41) is 11.4. The highest BCUT2D eigenvalue weighted by molar-refractivity contribution is 14.1. The zero-order chi connectivity index (χ0) is 20.3. The molecule has 3 amide bonds. The Balaban J connectivity index is 1.81. The van der Waals surface area contributed by atoms with E-state index in [1.807, 2.05) is 75.5 Å². The molecule has 0 aliphatic carbocycles. The highest BCUT2D eigenvalue weighted by atomic mass is 127. The molecule has 3 rings (SSSR count). The van der Waals surface area contributed by atoms with Crippen LogP contribution in [0.25, 0.3) is 6.08 Å². The molecular formula is C19H14I2N2O5. The number of halogens is 2. The van der Waals surface area contributed by atoms with Gasteiger partial charge in [0.15, 0.2) is 6.61 Å².